The first-order valence-electron chi connectivity index (χ1n) is 11.4. The molecule has 1 aliphatic carbocycles. The minimum Gasteiger partial charge on any atom is -0.317 e. The van der Waals surface area contributed by atoms with Crippen LogP contribution in [0.3, 0.4) is 0 Å². The number of fused-ring (bicyclic) bond motifs is 8. The van der Waals surface area contributed by atoms with Gasteiger partial charge >= 0.3 is 0 Å². The summed E-state index contributed by atoms with van der Waals surface area (Å²) >= 11 is 0. The molecule has 5 heterocycles. The van der Waals surface area contributed by atoms with Gasteiger partial charge in [-0.3, -0.25) is 18.9 Å². The number of amides is 1. The summed E-state index contributed by atoms with van der Waals surface area (Å²) in [6.45, 7) is 1.97. The Morgan fingerprint density at radius 2 is 1.91 bits per heavy atom. The van der Waals surface area contributed by atoms with Crippen molar-refractivity contribution in [1.29, 1.82) is 0 Å². The van der Waals surface area contributed by atoms with Crippen LogP contribution in [0.2, 0.25) is 0 Å². The monoisotopic (exact) mass is 462 g/mol. The zero-order valence-corrected chi connectivity index (χ0v) is 18.3. The largest absolute Gasteiger partial charge is 0.317 e. The number of aromatic amines is 1. The van der Waals surface area contributed by atoms with Crippen molar-refractivity contribution in [3.63, 3.8) is 0 Å². The summed E-state index contributed by atoms with van der Waals surface area (Å²) in [6, 6.07) is 5.51. The molecule has 1 N–H and O–H groups in total. The summed E-state index contributed by atoms with van der Waals surface area (Å²) in [5.41, 5.74) is 4.32. The van der Waals surface area contributed by atoms with Crippen molar-refractivity contribution in [2.24, 2.45) is 0 Å². The van der Waals surface area contributed by atoms with Crippen molar-refractivity contribution < 1.29 is 13.6 Å². The molecule has 0 bridgehead atoms. The van der Waals surface area contributed by atoms with E-state index in [9.17, 15) is 18.4 Å². The molecule has 2 aliphatic heterocycles. The van der Waals surface area contributed by atoms with Crippen LogP contribution in [0, 0.1) is 6.92 Å². The summed E-state index contributed by atoms with van der Waals surface area (Å²) in [4.78, 5) is 35.1. The fourth-order valence-electron chi connectivity index (χ4n) is 5.83. The van der Waals surface area contributed by atoms with Gasteiger partial charge in [0.1, 0.15) is 11.6 Å². The topological polar surface area (TPSA) is 96.2 Å². The number of anilines is 1. The van der Waals surface area contributed by atoms with Crippen LogP contribution in [-0.2, 0) is 6.42 Å². The third-order valence-electron chi connectivity index (χ3n) is 7.47. The van der Waals surface area contributed by atoms with Crippen molar-refractivity contribution in [1.82, 2.24) is 24.6 Å². The number of halogens is 2. The van der Waals surface area contributed by atoms with Crippen LogP contribution in [-0.4, -0.2) is 36.4 Å². The summed E-state index contributed by atoms with van der Waals surface area (Å²) in [7, 11) is 0. The summed E-state index contributed by atoms with van der Waals surface area (Å²) in [5, 5.41) is 8.35. The van der Waals surface area contributed by atoms with Gasteiger partial charge in [-0.2, -0.15) is 0 Å². The Labute approximate surface area is 191 Å². The van der Waals surface area contributed by atoms with Crippen LogP contribution in [0.25, 0.3) is 16.7 Å². The first kappa shape index (κ1) is 19.7. The van der Waals surface area contributed by atoms with Crippen molar-refractivity contribution in [2.45, 2.75) is 56.9 Å². The third kappa shape index (κ3) is 2.59. The molecule has 34 heavy (non-hydrogen) atoms. The molecule has 8 nitrogen and oxygen atoms in total. The van der Waals surface area contributed by atoms with Gasteiger partial charge in [0.2, 0.25) is 11.6 Å². The van der Waals surface area contributed by atoms with Crippen molar-refractivity contribution >= 4 is 28.4 Å². The lowest BCUT2D eigenvalue weighted by Gasteiger charge is -2.27. The van der Waals surface area contributed by atoms with E-state index in [1.807, 2.05) is 13.0 Å². The van der Waals surface area contributed by atoms with Crippen LogP contribution >= 0.6 is 0 Å². The van der Waals surface area contributed by atoms with Crippen LogP contribution in [0.15, 0.2) is 29.2 Å². The van der Waals surface area contributed by atoms with Crippen LogP contribution in [0.5, 0.6) is 0 Å². The predicted molar refractivity (Wildman–Crippen MR) is 119 cm³/mol. The van der Waals surface area contributed by atoms with Gasteiger partial charge in [-0.15, -0.1) is 10.2 Å². The molecule has 1 saturated carbocycles. The number of hydrogen-bond donors (Lipinski definition) is 1. The normalized spacial score (nSPS) is 21.3. The second kappa shape index (κ2) is 6.46. The molecule has 3 aliphatic rings. The molecule has 0 spiro atoms. The molecule has 1 atom stereocenters. The fraction of sp³-hybridized carbons (Fsp3) is 0.375. The molecule has 3 aromatic heterocycles. The number of rotatable bonds is 1. The molecular weight excluding hydrogens is 442 g/mol. The van der Waals surface area contributed by atoms with E-state index in [-0.39, 0.29) is 49.2 Å². The van der Waals surface area contributed by atoms with Gasteiger partial charge in [-0.05, 0) is 48.6 Å². The first-order valence-corrected chi connectivity index (χ1v) is 11.4. The number of pyridine rings is 1. The van der Waals surface area contributed by atoms with Crippen LogP contribution in [0.1, 0.15) is 70.5 Å². The number of nitrogens with zero attached hydrogens (tertiary/aromatic N) is 5. The summed E-state index contributed by atoms with van der Waals surface area (Å²) in [5.74, 6) is -1.82. The summed E-state index contributed by atoms with van der Waals surface area (Å²) < 4.78 is 29.2. The minimum atomic E-state index is -2.66. The molecule has 4 aromatic rings. The predicted octanol–water partition coefficient (Wildman–Crippen LogP) is 3.82. The minimum absolute atomic E-state index is 0.132. The lowest BCUT2D eigenvalue weighted by atomic mass is 9.86. The average Bonchev–Trinajstić information content (AvgIpc) is 3.46. The Balaban J connectivity index is 1.41. The van der Waals surface area contributed by atoms with Crippen LogP contribution < -0.4 is 10.5 Å². The number of benzene rings is 1. The Kier molecular flexibility index (Phi) is 3.75. The molecule has 1 unspecified atom stereocenters. The maximum absolute atomic E-state index is 13.8. The summed E-state index contributed by atoms with van der Waals surface area (Å²) in [6.07, 6.45) is 2.56. The number of carbonyl (C=O) groups is 1. The number of nitrogens with one attached hydrogen (secondary N) is 1. The number of aromatic nitrogens is 5. The lowest BCUT2D eigenvalue weighted by molar-refractivity contribution is -0.0388. The van der Waals surface area contributed by atoms with Crippen LogP contribution in [0.4, 0.5) is 14.6 Å². The van der Waals surface area contributed by atoms with Gasteiger partial charge < -0.3 is 4.98 Å². The van der Waals surface area contributed by atoms with Crippen molar-refractivity contribution in [3.8, 4) is 0 Å². The molecular formula is C24H20F2N6O2. The molecule has 0 saturated heterocycles. The Morgan fingerprint density at radius 3 is 2.71 bits per heavy atom. The Bertz CT molecular complexity index is 1600. The Morgan fingerprint density at radius 1 is 1.12 bits per heavy atom. The van der Waals surface area contributed by atoms with Gasteiger partial charge in [0.05, 0.1) is 17.1 Å². The molecule has 172 valence electrons. The van der Waals surface area contributed by atoms with E-state index >= 15 is 0 Å². The molecule has 10 heteroatoms. The van der Waals surface area contributed by atoms with E-state index in [1.165, 1.54) is 0 Å². The molecule has 0 radical (unpaired) electrons. The Hall–Kier alpha value is -3.69. The number of aryl methyl sites for hydroxylation is 1. The van der Waals surface area contributed by atoms with E-state index in [1.54, 1.807) is 21.6 Å². The first-order chi connectivity index (χ1) is 16.3. The zero-order chi connectivity index (χ0) is 23.4. The van der Waals surface area contributed by atoms with E-state index in [0.717, 1.165) is 16.7 Å². The molecule has 1 amide bonds. The van der Waals surface area contributed by atoms with Gasteiger partial charge in [-0.1, -0.05) is 6.07 Å². The average molecular weight is 462 g/mol. The highest BCUT2D eigenvalue weighted by Gasteiger charge is 2.44. The highest BCUT2D eigenvalue weighted by molar-refractivity contribution is 6.13. The van der Waals surface area contributed by atoms with Gasteiger partial charge in [0.15, 0.2) is 0 Å². The van der Waals surface area contributed by atoms with Gasteiger partial charge in [-0.25, -0.2) is 13.8 Å². The van der Waals surface area contributed by atoms with Gasteiger partial charge in [0, 0.05) is 36.9 Å². The quantitative estimate of drug-likeness (QED) is 0.464. The lowest BCUT2D eigenvalue weighted by Crippen LogP contribution is -2.25. The number of H-pyrrole nitrogens is 1. The molecule has 1 aromatic carbocycles. The van der Waals surface area contributed by atoms with Crippen molar-refractivity contribution in [3.05, 3.63) is 62.8 Å². The number of alkyl halides is 2. The highest BCUT2D eigenvalue weighted by atomic mass is 19.3. The second-order valence-corrected chi connectivity index (χ2v) is 9.65. The maximum Gasteiger partial charge on any atom is 0.294 e. The van der Waals surface area contributed by atoms with Gasteiger partial charge in [0.25, 0.3) is 11.5 Å². The number of hydrogen-bond acceptors (Lipinski definition) is 5. The standard InChI is InChI=1S/C24H20F2N6O2/c1-11-6-13-7-17-14-9-18-16(8-15(14)23(34)32(17)19(13)27-10-11)28-22(33)21-30-29-20(31(18)21)12-2-4-24(25,26)5-3-12/h6,8-10,12,17H,2-5,7H2,1H3,(H,28,33). The highest BCUT2D eigenvalue weighted by Crippen LogP contribution is 2.47. The van der Waals surface area contributed by atoms with E-state index in [2.05, 4.69) is 26.2 Å². The molecule has 1 fully saturated rings. The third-order valence-corrected chi connectivity index (χ3v) is 7.47. The zero-order valence-electron chi connectivity index (χ0n) is 18.3. The van der Waals surface area contributed by atoms with Crippen molar-refractivity contribution in [2.75, 3.05) is 4.90 Å². The maximum atomic E-state index is 13.8. The SMILES string of the molecule is Cc1cnc2c(c1)CC1c3cc4c(cc3C(=O)N21)[nH]c(=O)c1nnc(C2CCC(F)(F)CC2)n14. The molecule has 7 rings (SSSR count). The second-order valence-electron chi connectivity index (χ2n) is 9.65. The fourth-order valence-corrected chi connectivity index (χ4v) is 5.83. The van der Waals surface area contributed by atoms with E-state index in [0.29, 0.717) is 34.7 Å². The number of carbonyl (C=O) groups excluding carboxylic acids is 1. The smallest absolute Gasteiger partial charge is 0.294 e. The van der Waals surface area contributed by atoms with E-state index < -0.39 is 11.5 Å². The van der Waals surface area contributed by atoms with E-state index in [4.69, 9.17) is 0 Å².